The van der Waals surface area contributed by atoms with Crippen LogP contribution in [0.1, 0.15) is 23.6 Å². The molecule has 1 unspecified atom stereocenters. The minimum atomic E-state index is -0.713. The number of hydrogen-bond donors (Lipinski definition) is 0. The molecule has 1 aromatic heterocycles. The van der Waals surface area contributed by atoms with Crippen molar-refractivity contribution in [1.29, 1.82) is 0 Å². The molecule has 0 fully saturated rings. The molecular weight excluding hydrogens is 460 g/mol. The van der Waals surface area contributed by atoms with E-state index < -0.39 is 5.54 Å². The van der Waals surface area contributed by atoms with Crippen LogP contribution in [0.5, 0.6) is 11.5 Å². The van der Waals surface area contributed by atoms with E-state index in [1.807, 2.05) is 60.7 Å². The van der Waals surface area contributed by atoms with Gasteiger partial charge in [-0.25, -0.2) is 4.98 Å². The average molecular weight is 481 g/mol. The van der Waals surface area contributed by atoms with Crippen LogP contribution in [0.4, 0.5) is 0 Å². The molecule has 5 aromatic rings. The monoisotopic (exact) mass is 480 g/mol. The van der Waals surface area contributed by atoms with Crippen LogP contribution in [0.2, 0.25) is 5.02 Å². The first-order valence-corrected chi connectivity index (χ1v) is 11.6. The highest BCUT2D eigenvalue weighted by atomic mass is 35.5. The van der Waals surface area contributed by atoms with E-state index >= 15 is 0 Å². The Bertz CT molecular complexity index is 1590. The topological polar surface area (TPSA) is 53.4 Å². The lowest BCUT2D eigenvalue weighted by molar-refractivity contribution is -0.131. The second-order valence-corrected chi connectivity index (χ2v) is 8.94. The third-order valence-corrected chi connectivity index (χ3v) is 6.79. The standard InChI is InChI=1S/C29H21ClN2O3/c1-18(33)35-23-14-9-20(10-15-23)29(19-7-12-22(34-2)13-8-19)25-6-4-3-5-24(25)28-31-26-17-21(30)11-16-27(26)32(28)29/h3-17H,1-2H3. The molecule has 0 N–H and O–H groups in total. The van der Waals surface area contributed by atoms with E-state index in [0.717, 1.165) is 44.9 Å². The van der Waals surface area contributed by atoms with Gasteiger partial charge >= 0.3 is 5.97 Å². The number of rotatable bonds is 4. The Kier molecular flexibility index (Phi) is 4.90. The highest BCUT2D eigenvalue weighted by molar-refractivity contribution is 6.31. The van der Waals surface area contributed by atoms with Gasteiger partial charge in [0.25, 0.3) is 0 Å². The maximum absolute atomic E-state index is 11.5. The van der Waals surface area contributed by atoms with E-state index in [1.165, 1.54) is 6.92 Å². The number of ether oxygens (including phenoxy) is 2. The molecule has 172 valence electrons. The summed E-state index contributed by atoms with van der Waals surface area (Å²) < 4.78 is 13.1. The predicted octanol–water partition coefficient (Wildman–Crippen LogP) is 6.44. The highest BCUT2D eigenvalue weighted by Crippen LogP contribution is 2.53. The maximum atomic E-state index is 11.5. The Hall–Kier alpha value is -4.09. The minimum absolute atomic E-state index is 0.353. The first-order valence-electron chi connectivity index (χ1n) is 11.2. The first-order chi connectivity index (χ1) is 17.0. The fraction of sp³-hybridized carbons (Fsp3) is 0.103. The van der Waals surface area contributed by atoms with Crippen molar-refractivity contribution in [2.45, 2.75) is 12.5 Å². The van der Waals surface area contributed by atoms with Gasteiger partial charge in [0, 0.05) is 17.5 Å². The summed E-state index contributed by atoms with van der Waals surface area (Å²) in [5, 5.41) is 0.642. The largest absolute Gasteiger partial charge is 0.497 e. The van der Waals surface area contributed by atoms with E-state index in [1.54, 1.807) is 7.11 Å². The number of aromatic nitrogens is 2. The molecule has 0 amide bonds. The van der Waals surface area contributed by atoms with Crippen LogP contribution < -0.4 is 9.47 Å². The molecule has 0 saturated heterocycles. The Morgan fingerprint density at radius 3 is 2.20 bits per heavy atom. The van der Waals surface area contributed by atoms with Crippen LogP contribution in [-0.4, -0.2) is 22.6 Å². The Morgan fingerprint density at radius 1 is 0.886 bits per heavy atom. The molecule has 0 aliphatic carbocycles. The molecule has 1 aliphatic rings. The zero-order chi connectivity index (χ0) is 24.2. The summed E-state index contributed by atoms with van der Waals surface area (Å²) in [7, 11) is 1.66. The zero-order valence-corrected chi connectivity index (χ0v) is 19.9. The molecule has 6 heteroatoms. The molecule has 2 heterocycles. The molecule has 6 rings (SSSR count). The minimum Gasteiger partial charge on any atom is -0.497 e. The van der Waals surface area contributed by atoms with Gasteiger partial charge in [-0.1, -0.05) is 60.1 Å². The highest BCUT2D eigenvalue weighted by Gasteiger charge is 2.47. The van der Waals surface area contributed by atoms with E-state index in [9.17, 15) is 4.79 Å². The van der Waals surface area contributed by atoms with Crippen LogP contribution in [0.3, 0.4) is 0 Å². The number of benzene rings is 4. The number of fused-ring (bicyclic) bond motifs is 5. The Morgan fingerprint density at radius 2 is 1.54 bits per heavy atom. The number of hydrogen-bond acceptors (Lipinski definition) is 4. The SMILES string of the molecule is COc1ccc(C2(c3ccc(OC(C)=O)cc3)c3ccccc3-c3nc4cc(Cl)ccc4n32)cc1. The van der Waals surface area contributed by atoms with E-state index in [2.05, 4.69) is 34.9 Å². The van der Waals surface area contributed by atoms with E-state index in [0.29, 0.717) is 10.8 Å². The van der Waals surface area contributed by atoms with Crippen molar-refractivity contribution in [2.75, 3.05) is 7.11 Å². The quantitative estimate of drug-likeness (QED) is 0.215. The molecule has 0 bridgehead atoms. The smallest absolute Gasteiger partial charge is 0.308 e. The third kappa shape index (κ3) is 3.16. The number of esters is 1. The molecule has 1 atom stereocenters. The van der Waals surface area contributed by atoms with Crippen molar-refractivity contribution in [2.24, 2.45) is 0 Å². The second-order valence-electron chi connectivity index (χ2n) is 8.51. The first kappa shape index (κ1) is 21.4. The lowest BCUT2D eigenvalue weighted by Crippen LogP contribution is -2.34. The van der Waals surface area contributed by atoms with Gasteiger partial charge in [-0.2, -0.15) is 0 Å². The summed E-state index contributed by atoms with van der Waals surface area (Å²) in [6, 6.07) is 30.0. The molecule has 0 saturated carbocycles. The summed E-state index contributed by atoms with van der Waals surface area (Å²) in [6.45, 7) is 1.40. The van der Waals surface area contributed by atoms with Gasteiger partial charge in [-0.15, -0.1) is 0 Å². The summed E-state index contributed by atoms with van der Waals surface area (Å²) in [5.74, 6) is 1.80. The Labute approximate surface area is 207 Å². The van der Waals surface area contributed by atoms with Crippen molar-refractivity contribution < 1.29 is 14.3 Å². The van der Waals surface area contributed by atoms with Gasteiger partial charge in [0.05, 0.1) is 18.1 Å². The normalized spacial score (nSPS) is 16.1. The van der Waals surface area contributed by atoms with Gasteiger partial charge in [-0.3, -0.25) is 4.79 Å². The number of imidazole rings is 1. The van der Waals surface area contributed by atoms with Crippen LogP contribution in [0.25, 0.3) is 22.4 Å². The fourth-order valence-corrected chi connectivity index (χ4v) is 5.35. The van der Waals surface area contributed by atoms with Gasteiger partial charge in [0.2, 0.25) is 0 Å². The fourth-order valence-electron chi connectivity index (χ4n) is 5.19. The van der Waals surface area contributed by atoms with Crippen LogP contribution in [-0.2, 0) is 10.3 Å². The summed E-state index contributed by atoms with van der Waals surface area (Å²) >= 11 is 6.33. The lowest BCUT2D eigenvalue weighted by Gasteiger charge is -2.35. The summed E-state index contributed by atoms with van der Waals surface area (Å²) in [6.07, 6.45) is 0. The average Bonchev–Trinajstić information content (AvgIpc) is 3.37. The molecule has 4 aromatic carbocycles. The molecule has 0 spiro atoms. The molecule has 5 nitrogen and oxygen atoms in total. The molecule has 1 aliphatic heterocycles. The lowest BCUT2D eigenvalue weighted by atomic mass is 9.77. The zero-order valence-electron chi connectivity index (χ0n) is 19.2. The van der Waals surface area contributed by atoms with Crippen molar-refractivity contribution in [3.63, 3.8) is 0 Å². The maximum Gasteiger partial charge on any atom is 0.308 e. The van der Waals surface area contributed by atoms with Crippen molar-refractivity contribution >= 4 is 28.6 Å². The van der Waals surface area contributed by atoms with Gasteiger partial charge in [-0.05, 0) is 59.2 Å². The van der Waals surface area contributed by atoms with Crippen LogP contribution in [0.15, 0.2) is 91.0 Å². The Balaban J connectivity index is 1.72. The summed E-state index contributed by atoms with van der Waals surface area (Å²) in [4.78, 5) is 16.5. The predicted molar refractivity (Wildman–Crippen MR) is 136 cm³/mol. The van der Waals surface area contributed by atoms with Crippen LogP contribution in [0, 0.1) is 0 Å². The van der Waals surface area contributed by atoms with Crippen molar-refractivity contribution in [3.05, 3.63) is 113 Å². The molecule has 35 heavy (non-hydrogen) atoms. The number of carbonyl (C=O) groups is 1. The number of carbonyl (C=O) groups excluding carboxylic acids is 1. The number of nitrogens with zero attached hydrogens (tertiary/aromatic N) is 2. The third-order valence-electron chi connectivity index (χ3n) is 6.55. The van der Waals surface area contributed by atoms with Gasteiger partial charge < -0.3 is 14.0 Å². The van der Waals surface area contributed by atoms with E-state index in [4.69, 9.17) is 26.1 Å². The summed E-state index contributed by atoms with van der Waals surface area (Å²) in [5.41, 5.74) is 5.33. The number of halogens is 1. The van der Waals surface area contributed by atoms with Crippen molar-refractivity contribution in [3.8, 4) is 22.9 Å². The number of methoxy groups -OCH3 is 1. The second kappa shape index (κ2) is 8.00. The van der Waals surface area contributed by atoms with Crippen molar-refractivity contribution in [1.82, 2.24) is 9.55 Å². The van der Waals surface area contributed by atoms with E-state index in [-0.39, 0.29) is 5.97 Å². The molecule has 0 radical (unpaired) electrons. The molecular formula is C29H21ClN2O3. The van der Waals surface area contributed by atoms with Gasteiger partial charge in [0.15, 0.2) is 0 Å². The van der Waals surface area contributed by atoms with Gasteiger partial charge in [0.1, 0.15) is 22.9 Å². The van der Waals surface area contributed by atoms with Crippen LogP contribution >= 0.6 is 11.6 Å².